The van der Waals surface area contributed by atoms with E-state index < -0.39 is 29.6 Å². The minimum absolute atomic E-state index is 0.0979. The van der Waals surface area contributed by atoms with Crippen LogP contribution < -0.4 is 15.0 Å². The molecule has 15 heteroatoms. The third-order valence-electron chi connectivity index (χ3n) is 7.54. The van der Waals surface area contributed by atoms with Crippen molar-refractivity contribution in [3.63, 3.8) is 0 Å². The highest BCUT2D eigenvalue weighted by atomic mass is 35.5. The van der Waals surface area contributed by atoms with Gasteiger partial charge in [0.1, 0.15) is 11.4 Å². The summed E-state index contributed by atoms with van der Waals surface area (Å²) >= 11 is 5.86. The first-order chi connectivity index (χ1) is 20.5. The van der Waals surface area contributed by atoms with Crippen molar-refractivity contribution >= 4 is 34.9 Å². The van der Waals surface area contributed by atoms with Gasteiger partial charge in [0.05, 0.1) is 51.8 Å². The molecule has 0 unspecified atom stereocenters. The summed E-state index contributed by atoms with van der Waals surface area (Å²) in [5.41, 5.74) is 1.11. The topological polar surface area (TPSA) is 128 Å². The SMILES string of the molecule is Cc1cc([C@H](C)n2cc(NC(=O)c3nc(-c4c(OC(F)F)ccc(Cl)c4F)cnc3C)cn2)nnc1N1C[C@H]2C[C@H]2C1=O. The van der Waals surface area contributed by atoms with E-state index in [1.165, 1.54) is 13.1 Å². The number of amides is 2. The summed E-state index contributed by atoms with van der Waals surface area (Å²) in [6, 6.07) is 3.65. The van der Waals surface area contributed by atoms with Gasteiger partial charge in [-0.2, -0.15) is 19.0 Å². The Labute approximate surface area is 248 Å². The Kier molecular flexibility index (Phi) is 7.24. The number of benzene rings is 1. The van der Waals surface area contributed by atoms with Gasteiger partial charge in [-0.3, -0.25) is 24.2 Å². The average Bonchev–Trinajstić information content (AvgIpc) is 3.47. The fraction of sp³-hybridized carbons (Fsp3) is 0.321. The van der Waals surface area contributed by atoms with Crippen LogP contribution in [-0.4, -0.2) is 54.9 Å². The van der Waals surface area contributed by atoms with E-state index in [4.69, 9.17) is 11.6 Å². The van der Waals surface area contributed by atoms with Crippen molar-refractivity contribution in [1.29, 1.82) is 0 Å². The van der Waals surface area contributed by atoms with Gasteiger partial charge in [0.2, 0.25) is 5.91 Å². The quantitative estimate of drug-likeness (QED) is 0.295. The number of rotatable bonds is 8. The lowest BCUT2D eigenvalue weighted by molar-refractivity contribution is -0.118. The summed E-state index contributed by atoms with van der Waals surface area (Å²) in [4.78, 5) is 35.6. The molecule has 4 aromatic rings. The van der Waals surface area contributed by atoms with E-state index in [1.807, 2.05) is 19.9 Å². The van der Waals surface area contributed by atoms with E-state index in [2.05, 4.69) is 35.3 Å². The van der Waals surface area contributed by atoms with Crippen molar-refractivity contribution in [3.8, 4) is 17.0 Å². The highest BCUT2D eigenvalue weighted by Crippen LogP contribution is 2.47. The molecule has 4 heterocycles. The number of ether oxygens (including phenoxy) is 1. The Morgan fingerprint density at radius 3 is 2.70 bits per heavy atom. The van der Waals surface area contributed by atoms with Gasteiger partial charge in [-0.1, -0.05) is 11.6 Å². The number of alkyl halides is 2. The molecule has 11 nitrogen and oxygen atoms in total. The molecule has 0 radical (unpaired) electrons. The van der Waals surface area contributed by atoms with E-state index in [-0.39, 0.29) is 40.0 Å². The predicted octanol–water partition coefficient (Wildman–Crippen LogP) is 4.99. The van der Waals surface area contributed by atoms with E-state index in [1.54, 1.807) is 15.8 Å². The number of piperidine rings is 1. The maximum absolute atomic E-state index is 14.9. The number of anilines is 2. The van der Waals surface area contributed by atoms with Crippen LogP contribution in [0.4, 0.5) is 24.7 Å². The molecule has 1 saturated heterocycles. The van der Waals surface area contributed by atoms with Crippen LogP contribution >= 0.6 is 11.6 Å². The zero-order valence-corrected chi connectivity index (χ0v) is 23.8. The lowest BCUT2D eigenvalue weighted by Gasteiger charge is -2.20. The molecular formula is C28H24ClF3N8O3. The van der Waals surface area contributed by atoms with Gasteiger partial charge >= 0.3 is 6.61 Å². The first kappa shape index (κ1) is 28.5. The second-order valence-electron chi connectivity index (χ2n) is 10.5. The normalized spacial score (nSPS) is 18.1. The van der Waals surface area contributed by atoms with Crippen LogP contribution in [0.3, 0.4) is 0 Å². The number of nitrogens with one attached hydrogen (secondary N) is 1. The molecular weight excluding hydrogens is 589 g/mol. The average molecular weight is 613 g/mol. The van der Waals surface area contributed by atoms with E-state index in [0.717, 1.165) is 30.3 Å². The van der Waals surface area contributed by atoms with Crippen molar-refractivity contribution in [2.75, 3.05) is 16.8 Å². The molecule has 1 saturated carbocycles. The summed E-state index contributed by atoms with van der Waals surface area (Å²) in [5, 5.41) is 15.3. The second kappa shape index (κ2) is 10.9. The maximum atomic E-state index is 14.9. The summed E-state index contributed by atoms with van der Waals surface area (Å²) in [6.45, 7) is 2.69. The largest absolute Gasteiger partial charge is 0.434 e. The molecule has 0 bridgehead atoms. The zero-order valence-electron chi connectivity index (χ0n) is 23.1. The van der Waals surface area contributed by atoms with Crippen LogP contribution in [0.15, 0.2) is 36.8 Å². The standard InChI is InChI=1S/C28H24ClF3N8O3/c1-12-6-19(37-38-25(12)39-10-15-7-17(15)27(39)42)14(3)40-11-16(8-34-40)35-26(41)24-13(2)33-9-20(36-24)22-21(43-28(31)32)5-4-18(29)23(22)30/h4-6,8-9,11,14-15,17,28H,7,10H2,1-3H3,(H,35,41)/t14-,15+,17+/m0/s1. The first-order valence-electron chi connectivity index (χ1n) is 13.3. The van der Waals surface area contributed by atoms with Crippen LogP contribution in [0.1, 0.15) is 46.8 Å². The van der Waals surface area contributed by atoms with Crippen LogP contribution in [0.5, 0.6) is 5.75 Å². The lowest BCUT2D eigenvalue weighted by Crippen LogP contribution is -2.30. The Hall–Kier alpha value is -4.59. The Morgan fingerprint density at radius 1 is 1.21 bits per heavy atom. The first-order valence-corrected chi connectivity index (χ1v) is 13.7. The molecule has 3 aromatic heterocycles. The molecule has 6 rings (SSSR count). The van der Waals surface area contributed by atoms with Crippen molar-refractivity contribution in [1.82, 2.24) is 29.9 Å². The number of carbonyl (C=O) groups is 2. The summed E-state index contributed by atoms with van der Waals surface area (Å²) in [6.07, 6.45) is 5.10. The van der Waals surface area contributed by atoms with Gasteiger partial charge < -0.3 is 10.1 Å². The van der Waals surface area contributed by atoms with E-state index >= 15 is 0 Å². The molecule has 3 atom stereocenters. The molecule has 1 N–H and O–H groups in total. The van der Waals surface area contributed by atoms with Crippen molar-refractivity contribution in [2.45, 2.75) is 39.8 Å². The molecule has 2 amide bonds. The second-order valence-corrected chi connectivity index (χ2v) is 10.9. The maximum Gasteiger partial charge on any atom is 0.387 e. The number of nitrogens with zero attached hydrogens (tertiary/aromatic N) is 7. The van der Waals surface area contributed by atoms with Crippen LogP contribution in [0.25, 0.3) is 11.3 Å². The molecule has 1 aromatic carbocycles. The zero-order chi connectivity index (χ0) is 30.6. The van der Waals surface area contributed by atoms with Gasteiger partial charge in [0.25, 0.3) is 5.91 Å². The van der Waals surface area contributed by atoms with Gasteiger partial charge in [0.15, 0.2) is 11.6 Å². The molecule has 222 valence electrons. The summed E-state index contributed by atoms with van der Waals surface area (Å²) in [5.74, 6) is -1.05. The summed E-state index contributed by atoms with van der Waals surface area (Å²) in [7, 11) is 0. The van der Waals surface area contributed by atoms with Gasteiger partial charge in [0, 0.05) is 18.7 Å². The minimum Gasteiger partial charge on any atom is -0.434 e. The fourth-order valence-electron chi connectivity index (χ4n) is 5.13. The third kappa shape index (κ3) is 5.38. The Balaban J connectivity index is 1.20. The fourth-order valence-corrected chi connectivity index (χ4v) is 5.29. The monoisotopic (exact) mass is 612 g/mol. The Morgan fingerprint density at radius 2 is 2.00 bits per heavy atom. The van der Waals surface area contributed by atoms with E-state index in [0.29, 0.717) is 29.7 Å². The minimum atomic E-state index is -3.23. The molecule has 2 fully saturated rings. The highest BCUT2D eigenvalue weighted by Gasteiger charge is 2.53. The van der Waals surface area contributed by atoms with E-state index in [9.17, 15) is 22.8 Å². The van der Waals surface area contributed by atoms with Crippen molar-refractivity contribution in [3.05, 3.63) is 70.3 Å². The van der Waals surface area contributed by atoms with Crippen molar-refractivity contribution in [2.24, 2.45) is 11.8 Å². The number of fused-ring (bicyclic) bond motifs is 1. The lowest BCUT2D eigenvalue weighted by atomic mass is 10.1. The number of aryl methyl sites for hydroxylation is 2. The Bertz CT molecular complexity index is 1770. The molecule has 43 heavy (non-hydrogen) atoms. The number of hydrogen-bond acceptors (Lipinski definition) is 8. The molecule has 2 aliphatic rings. The molecule has 1 aliphatic heterocycles. The third-order valence-corrected chi connectivity index (χ3v) is 7.83. The predicted molar refractivity (Wildman–Crippen MR) is 149 cm³/mol. The van der Waals surface area contributed by atoms with Crippen molar-refractivity contribution < 1.29 is 27.5 Å². The van der Waals surface area contributed by atoms with Gasteiger partial charge in [-0.25, -0.2) is 9.37 Å². The number of carbonyl (C=O) groups excluding carboxylic acids is 2. The smallest absolute Gasteiger partial charge is 0.387 e. The summed E-state index contributed by atoms with van der Waals surface area (Å²) < 4.78 is 46.8. The van der Waals surface area contributed by atoms with Crippen LogP contribution in [-0.2, 0) is 4.79 Å². The highest BCUT2D eigenvalue weighted by molar-refractivity contribution is 6.31. The number of aromatic nitrogens is 6. The van der Waals surface area contributed by atoms with Crippen LogP contribution in [0.2, 0.25) is 5.02 Å². The van der Waals surface area contributed by atoms with Gasteiger partial charge in [-0.05, 0) is 56.9 Å². The molecule has 1 aliphatic carbocycles. The molecule has 0 spiro atoms. The number of hydrogen-bond donors (Lipinski definition) is 1. The number of halogens is 4. The van der Waals surface area contributed by atoms with Crippen LogP contribution in [0, 0.1) is 31.5 Å². The van der Waals surface area contributed by atoms with Gasteiger partial charge in [-0.15, -0.1) is 5.10 Å².